The van der Waals surface area contributed by atoms with Crippen LogP contribution in [0.1, 0.15) is 16.1 Å². The number of benzene rings is 2. The molecule has 5 heteroatoms. The first-order valence-corrected chi connectivity index (χ1v) is 9.04. The summed E-state index contributed by atoms with van der Waals surface area (Å²) in [7, 11) is 0. The van der Waals surface area contributed by atoms with Gasteiger partial charge in [-0.3, -0.25) is 4.79 Å². The molecule has 25 heavy (non-hydrogen) atoms. The number of aryl methyl sites for hydroxylation is 1. The minimum atomic E-state index is -0.0136. The number of hydrogen-bond acceptors (Lipinski definition) is 4. The first kappa shape index (κ1) is 17.2. The first-order valence-electron chi connectivity index (χ1n) is 8.16. The van der Waals surface area contributed by atoms with E-state index in [1.54, 1.807) is 35.6 Å². The topological polar surface area (TPSA) is 62.2 Å². The van der Waals surface area contributed by atoms with E-state index < -0.39 is 0 Å². The van der Waals surface area contributed by atoms with Crippen LogP contribution in [-0.2, 0) is 17.6 Å². The smallest absolute Gasteiger partial charge is 0.224 e. The van der Waals surface area contributed by atoms with Gasteiger partial charge in [-0.25, -0.2) is 4.98 Å². The van der Waals surface area contributed by atoms with Gasteiger partial charge in [-0.15, -0.1) is 11.3 Å². The van der Waals surface area contributed by atoms with Crippen molar-refractivity contribution in [2.75, 3.05) is 6.54 Å². The molecule has 2 aromatic carbocycles. The Balaban J connectivity index is 1.47. The normalized spacial score (nSPS) is 10.6. The number of rotatable bonds is 6. The number of nitrogens with one attached hydrogen (secondary N) is 1. The summed E-state index contributed by atoms with van der Waals surface area (Å²) in [5.74, 6) is 0.195. The maximum atomic E-state index is 11.9. The lowest BCUT2D eigenvalue weighted by Crippen LogP contribution is -2.27. The molecule has 0 fully saturated rings. The quantitative estimate of drug-likeness (QED) is 0.711. The van der Waals surface area contributed by atoms with Crippen LogP contribution in [0.4, 0.5) is 0 Å². The molecule has 1 heterocycles. The van der Waals surface area contributed by atoms with Gasteiger partial charge in [0.25, 0.3) is 0 Å². The lowest BCUT2D eigenvalue weighted by Gasteiger charge is -2.06. The largest absolute Gasteiger partial charge is 0.508 e. The van der Waals surface area contributed by atoms with E-state index in [1.165, 1.54) is 5.56 Å². The molecular weight excluding hydrogens is 332 g/mol. The molecule has 1 amide bonds. The van der Waals surface area contributed by atoms with Crippen LogP contribution in [0.2, 0.25) is 0 Å². The summed E-state index contributed by atoms with van der Waals surface area (Å²) in [5.41, 5.74) is 4.19. The second kappa shape index (κ2) is 7.94. The van der Waals surface area contributed by atoms with Gasteiger partial charge in [0.15, 0.2) is 0 Å². The standard InChI is InChI=1S/C20H20N2O2S/c1-14-22-19(13-25-14)17-6-2-15(3-7-17)10-11-21-20(24)12-16-4-8-18(23)9-5-16/h2-9,13,23H,10-12H2,1H3,(H,21,24). The van der Waals surface area contributed by atoms with Crippen molar-refractivity contribution in [1.82, 2.24) is 10.3 Å². The van der Waals surface area contributed by atoms with E-state index in [-0.39, 0.29) is 11.7 Å². The molecular formula is C20H20N2O2S. The van der Waals surface area contributed by atoms with Crippen molar-refractivity contribution in [3.63, 3.8) is 0 Å². The Kier molecular flexibility index (Phi) is 5.46. The fourth-order valence-electron chi connectivity index (χ4n) is 2.55. The summed E-state index contributed by atoms with van der Waals surface area (Å²) in [6.07, 6.45) is 1.11. The zero-order valence-corrected chi connectivity index (χ0v) is 14.8. The molecule has 128 valence electrons. The zero-order valence-electron chi connectivity index (χ0n) is 14.0. The Morgan fingerprint density at radius 2 is 1.76 bits per heavy atom. The molecule has 0 saturated heterocycles. The van der Waals surface area contributed by atoms with Gasteiger partial charge in [-0.1, -0.05) is 36.4 Å². The molecule has 4 nitrogen and oxygen atoms in total. The highest BCUT2D eigenvalue weighted by molar-refractivity contribution is 7.09. The van der Waals surface area contributed by atoms with Gasteiger partial charge < -0.3 is 10.4 Å². The highest BCUT2D eigenvalue weighted by Gasteiger charge is 2.05. The molecule has 0 saturated carbocycles. The van der Waals surface area contributed by atoms with Crippen molar-refractivity contribution in [1.29, 1.82) is 0 Å². The number of hydrogen-bond donors (Lipinski definition) is 2. The number of thiazole rings is 1. The summed E-state index contributed by atoms with van der Waals surface area (Å²) < 4.78 is 0. The summed E-state index contributed by atoms with van der Waals surface area (Å²) in [6.45, 7) is 2.61. The van der Waals surface area contributed by atoms with Crippen LogP contribution in [0.3, 0.4) is 0 Å². The SMILES string of the molecule is Cc1nc(-c2ccc(CCNC(=O)Cc3ccc(O)cc3)cc2)cs1. The number of aromatic nitrogens is 1. The second-order valence-corrected chi connectivity index (χ2v) is 6.95. The van der Waals surface area contributed by atoms with Crippen LogP contribution in [0.5, 0.6) is 5.75 Å². The van der Waals surface area contributed by atoms with Crippen LogP contribution in [0, 0.1) is 6.92 Å². The monoisotopic (exact) mass is 352 g/mol. The van der Waals surface area contributed by atoms with E-state index in [4.69, 9.17) is 0 Å². The summed E-state index contributed by atoms with van der Waals surface area (Å²) in [5, 5.41) is 15.3. The van der Waals surface area contributed by atoms with Crippen molar-refractivity contribution in [3.8, 4) is 17.0 Å². The van der Waals surface area contributed by atoms with Gasteiger partial charge in [0.1, 0.15) is 5.75 Å². The summed E-state index contributed by atoms with van der Waals surface area (Å²) in [4.78, 5) is 16.4. The molecule has 0 atom stereocenters. The average molecular weight is 352 g/mol. The van der Waals surface area contributed by atoms with Gasteiger partial charge in [0.05, 0.1) is 17.1 Å². The predicted octanol–water partition coefficient (Wildman–Crippen LogP) is 3.73. The fraction of sp³-hybridized carbons (Fsp3) is 0.200. The van der Waals surface area contributed by atoms with Crippen molar-refractivity contribution < 1.29 is 9.90 Å². The maximum absolute atomic E-state index is 11.9. The second-order valence-electron chi connectivity index (χ2n) is 5.89. The Hall–Kier alpha value is -2.66. The Bertz CT molecular complexity index is 839. The molecule has 0 aliphatic carbocycles. The molecule has 0 aliphatic rings. The molecule has 1 aromatic heterocycles. The average Bonchev–Trinajstić information content (AvgIpc) is 3.04. The maximum Gasteiger partial charge on any atom is 0.224 e. The number of carbonyl (C=O) groups excluding carboxylic acids is 1. The lowest BCUT2D eigenvalue weighted by molar-refractivity contribution is -0.120. The van der Waals surface area contributed by atoms with Crippen molar-refractivity contribution in [2.24, 2.45) is 0 Å². The third kappa shape index (κ3) is 4.90. The van der Waals surface area contributed by atoms with Gasteiger partial charge in [0.2, 0.25) is 5.91 Å². The van der Waals surface area contributed by atoms with E-state index in [1.807, 2.05) is 6.92 Å². The molecule has 0 spiro atoms. The predicted molar refractivity (Wildman–Crippen MR) is 101 cm³/mol. The Morgan fingerprint density at radius 1 is 1.08 bits per heavy atom. The van der Waals surface area contributed by atoms with E-state index in [2.05, 4.69) is 39.9 Å². The summed E-state index contributed by atoms with van der Waals surface area (Å²) >= 11 is 1.65. The molecule has 2 N–H and O–H groups in total. The number of amides is 1. The van der Waals surface area contributed by atoms with E-state index in [0.717, 1.165) is 28.2 Å². The van der Waals surface area contributed by atoms with Crippen molar-refractivity contribution in [3.05, 3.63) is 70.0 Å². The zero-order chi connectivity index (χ0) is 17.6. The van der Waals surface area contributed by atoms with Gasteiger partial charge in [-0.05, 0) is 36.6 Å². The molecule has 3 rings (SSSR count). The number of phenolic OH excluding ortho intramolecular Hbond substituents is 1. The fourth-order valence-corrected chi connectivity index (χ4v) is 3.17. The lowest BCUT2D eigenvalue weighted by atomic mass is 10.1. The molecule has 0 aliphatic heterocycles. The van der Waals surface area contributed by atoms with Gasteiger partial charge in [0, 0.05) is 17.5 Å². The highest BCUT2D eigenvalue weighted by Crippen LogP contribution is 2.21. The van der Waals surface area contributed by atoms with Crippen LogP contribution >= 0.6 is 11.3 Å². The van der Waals surface area contributed by atoms with Crippen LogP contribution in [0.25, 0.3) is 11.3 Å². The molecule has 3 aromatic rings. The van der Waals surface area contributed by atoms with E-state index >= 15 is 0 Å². The molecule has 0 radical (unpaired) electrons. The van der Waals surface area contributed by atoms with Gasteiger partial charge in [-0.2, -0.15) is 0 Å². The van der Waals surface area contributed by atoms with Crippen molar-refractivity contribution in [2.45, 2.75) is 19.8 Å². The number of nitrogens with zero attached hydrogens (tertiary/aromatic N) is 1. The van der Waals surface area contributed by atoms with Gasteiger partial charge >= 0.3 is 0 Å². The van der Waals surface area contributed by atoms with E-state index in [0.29, 0.717) is 13.0 Å². The first-order chi connectivity index (χ1) is 12.1. The molecule has 0 unspecified atom stereocenters. The third-order valence-corrected chi connectivity index (χ3v) is 4.68. The number of phenols is 1. The molecule has 0 bridgehead atoms. The Labute approximate surface area is 151 Å². The van der Waals surface area contributed by atoms with Crippen LogP contribution in [-0.4, -0.2) is 22.5 Å². The number of carbonyl (C=O) groups is 1. The summed E-state index contributed by atoms with van der Waals surface area (Å²) in [6, 6.07) is 15.0. The van der Waals surface area contributed by atoms with Crippen LogP contribution < -0.4 is 5.32 Å². The minimum Gasteiger partial charge on any atom is -0.508 e. The minimum absolute atomic E-state index is 0.0136. The third-order valence-electron chi connectivity index (χ3n) is 3.91. The van der Waals surface area contributed by atoms with Crippen molar-refractivity contribution >= 4 is 17.2 Å². The number of aromatic hydroxyl groups is 1. The highest BCUT2D eigenvalue weighted by atomic mass is 32.1. The van der Waals surface area contributed by atoms with E-state index in [9.17, 15) is 9.90 Å². The van der Waals surface area contributed by atoms with Crippen LogP contribution in [0.15, 0.2) is 53.9 Å². The Morgan fingerprint density at radius 3 is 2.40 bits per heavy atom.